The molecule has 0 amide bonds. The standard InChI is InChI=1S/C12H12N2.C5H8O2.Cu.HNO3/c1-9-3-5-13-11(7-9)12-8-10(2)4-6-14-12;1-4(6)3-5(2)7;;2-1(3)4/h3-8H,1-2H3;3H2,1-2H3;;(H,2,3,4)/q;;+2;. The van der Waals surface area contributed by atoms with Crippen LogP contribution in [0.4, 0.5) is 0 Å². The number of aromatic nitrogens is 2. The van der Waals surface area contributed by atoms with E-state index in [0.717, 1.165) is 11.4 Å². The van der Waals surface area contributed by atoms with Crippen molar-refractivity contribution in [3.8, 4) is 11.4 Å². The van der Waals surface area contributed by atoms with Crippen LogP contribution in [0.3, 0.4) is 0 Å². The topological polar surface area (TPSA) is 123 Å². The van der Waals surface area contributed by atoms with Crippen LogP contribution in [0.25, 0.3) is 11.4 Å². The van der Waals surface area contributed by atoms with Crippen LogP contribution in [0.2, 0.25) is 0 Å². The van der Waals surface area contributed by atoms with E-state index in [2.05, 4.69) is 23.8 Å². The van der Waals surface area contributed by atoms with E-state index >= 15 is 0 Å². The van der Waals surface area contributed by atoms with Gasteiger partial charge < -0.3 is 5.21 Å². The van der Waals surface area contributed by atoms with Crippen molar-refractivity contribution in [3.05, 3.63) is 57.9 Å². The number of carbonyl (C=O) groups excluding carboxylic acids is 2. The fourth-order valence-corrected chi connectivity index (χ4v) is 1.70. The SMILES string of the molecule is CC(=O)CC(C)=O.Cc1ccnc(-c2cc(C)ccn2)c1.O=[N+]([O-])O.[Cu+2]. The van der Waals surface area contributed by atoms with Crippen molar-refractivity contribution in [1.29, 1.82) is 0 Å². The summed E-state index contributed by atoms with van der Waals surface area (Å²) in [6.45, 7) is 6.92. The van der Waals surface area contributed by atoms with Crippen molar-refractivity contribution in [2.75, 3.05) is 0 Å². The van der Waals surface area contributed by atoms with Gasteiger partial charge in [-0.1, -0.05) is 0 Å². The number of pyridine rings is 2. The molecule has 1 N–H and O–H groups in total. The Labute approximate surface area is 162 Å². The Hall–Kier alpha value is -2.64. The number of nitrogens with zero attached hydrogens (tertiary/aromatic N) is 3. The normalized spacial score (nSPS) is 8.62. The van der Waals surface area contributed by atoms with Crippen LogP contribution in [-0.4, -0.2) is 31.8 Å². The molecule has 9 heteroatoms. The van der Waals surface area contributed by atoms with E-state index in [4.69, 9.17) is 15.3 Å². The van der Waals surface area contributed by atoms with Crippen molar-refractivity contribution in [2.24, 2.45) is 0 Å². The Bertz CT molecular complexity index is 678. The molecule has 0 unspecified atom stereocenters. The minimum atomic E-state index is -1.50. The molecule has 0 spiro atoms. The minimum Gasteiger partial charge on any atom is -0.328 e. The van der Waals surface area contributed by atoms with Gasteiger partial charge in [-0.05, 0) is 63.1 Å². The number of aryl methyl sites for hydroxylation is 2. The molecule has 0 aliphatic heterocycles. The van der Waals surface area contributed by atoms with Crippen LogP contribution in [0, 0.1) is 24.0 Å². The van der Waals surface area contributed by atoms with Crippen LogP contribution >= 0.6 is 0 Å². The molecule has 1 radical (unpaired) electrons. The Kier molecular flexibility index (Phi) is 13.4. The molecule has 0 saturated heterocycles. The summed E-state index contributed by atoms with van der Waals surface area (Å²) in [4.78, 5) is 37.0. The summed E-state index contributed by atoms with van der Waals surface area (Å²) in [5.74, 6) is -0.125. The summed E-state index contributed by atoms with van der Waals surface area (Å²) in [6, 6.07) is 8.06. The average molecular weight is 411 g/mol. The second kappa shape index (κ2) is 13.6. The van der Waals surface area contributed by atoms with Gasteiger partial charge in [-0.3, -0.25) is 19.6 Å². The molecule has 2 heterocycles. The average Bonchev–Trinajstić information content (AvgIpc) is 2.46. The molecule has 0 aliphatic rings. The van der Waals surface area contributed by atoms with E-state index in [1.807, 2.05) is 36.7 Å². The molecule has 0 aromatic carbocycles. The van der Waals surface area contributed by atoms with Crippen LogP contribution in [0.1, 0.15) is 31.4 Å². The number of rotatable bonds is 3. The van der Waals surface area contributed by atoms with E-state index in [1.54, 1.807) is 0 Å². The number of hydrogen-bond donors (Lipinski definition) is 1. The van der Waals surface area contributed by atoms with Gasteiger partial charge in [0.05, 0.1) is 17.8 Å². The van der Waals surface area contributed by atoms with Crippen molar-refractivity contribution in [2.45, 2.75) is 34.1 Å². The van der Waals surface area contributed by atoms with Gasteiger partial charge in [-0.2, -0.15) is 0 Å². The second-order valence-corrected chi connectivity index (χ2v) is 5.26. The van der Waals surface area contributed by atoms with Crippen molar-refractivity contribution in [1.82, 2.24) is 9.97 Å². The summed E-state index contributed by atoms with van der Waals surface area (Å²) >= 11 is 0. The van der Waals surface area contributed by atoms with Gasteiger partial charge in [0.2, 0.25) is 0 Å². The third-order valence-electron chi connectivity index (χ3n) is 2.59. The van der Waals surface area contributed by atoms with E-state index < -0.39 is 5.09 Å². The summed E-state index contributed by atoms with van der Waals surface area (Å²) < 4.78 is 0. The molecule has 26 heavy (non-hydrogen) atoms. The smallest absolute Gasteiger partial charge is 0.328 e. The quantitative estimate of drug-likeness (QED) is 0.357. The Morgan fingerprint density at radius 3 is 1.50 bits per heavy atom. The number of carbonyl (C=O) groups is 2. The molecule has 0 aliphatic carbocycles. The van der Waals surface area contributed by atoms with Crippen molar-refractivity contribution in [3.63, 3.8) is 0 Å². The molecule has 2 aromatic rings. The molecule has 0 fully saturated rings. The van der Waals surface area contributed by atoms with E-state index in [-0.39, 0.29) is 35.1 Å². The first-order valence-corrected chi connectivity index (χ1v) is 7.29. The second-order valence-electron chi connectivity index (χ2n) is 5.26. The van der Waals surface area contributed by atoms with Gasteiger partial charge >= 0.3 is 17.1 Å². The number of hydrogen-bond acceptors (Lipinski definition) is 6. The number of ketones is 2. The number of Topliss-reactive ketones (excluding diaryl/α,β-unsaturated/α-hetero) is 2. The first kappa shape index (κ1) is 25.6. The zero-order valence-corrected chi connectivity index (χ0v) is 15.8. The van der Waals surface area contributed by atoms with Gasteiger partial charge in [0, 0.05) is 12.4 Å². The molecule has 0 atom stereocenters. The van der Waals surface area contributed by atoms with Crippen LogP contribution < -0.4 is 0 Å². The maximum absolute atomic E-state index is 10.0. The molecule has 8 nitrogen and oxygen atoms in total. The predicted octanol–water partition coefficient (Wildman–Crippen LogP) is 2.96. The molecular weight excluding hydrogens is 390 g/mol. The van der Waals surface area contributed by atoms with Gasteiger partial charge in [-0.25, -0.2) is 0 Å². The molecule has 2 aromatic heterocycles. The first-order valence-electron chi connectivity index (χ1n) is 7.29. The minimum absolute atomic E-state index is 0. The van der Waals surface area contributed by atoms with Crippen LogP contribution in [0.15, 0.2) is 36.7 Å². The fraction of sp³-hybridized carbons (Fsp3) is 0.294. The van der Waals surface area contributed by atoms with Gasteiger partial charge in [0.1, 0.15) is 11.6 Å². The summed E-state index contributed by atoms with van der Waals surface area (Å²) in [6.07, 6.45) is 3.71. The van der Waals surface area contributed by atoms with E-state index in [9.17, 15) is 9.59 Å². The van der Waals surface area contributed by atoms with Gasteiger partial charge in [-0.15, -0.1) is 10.1 Å². The zero-order chi connectivity index (χ0) is 19.4. The third-order valence-corrected chi connectivity index (χ3v) is 2.59. The first-order chi connectivity index (χ1) is 11.6. The molecule has 143 valence electrons. The third kappa shape index (κ3) is 13.8. The largest absolute Gasteiger partial charge is 2.00 e. The molecule has 0 bridgehead atoms. The maximum Gasteiger partial charge on any atom is 2.00 e. The van der Waals surface area contributed by atoms with Crippen LogP contribution in [-0.2, 0) is 26.7 Å². The molecule has 0 saturated carbocycles. The maximum atomic E-state index is 10.0. The van der Waals surface area contributed by atoms with E-state index in [1.165, 1.54) is 25.0 Å². The zero-order valence-electron chi connectivity index (χ0n) is 14.9. The fourth-order valence-electron chi connectivity index (χ4n) is 1.70. The van der Waals surface area contributed by atoms with Gasteiger partial charge in [0.25, 0.3) is 5.09 Å². The Balaban J connectivity index is 0. The summed E-state index contributed by atoms with van der Waals surface area (Å²) in [5.41, 5.74) is 4.29. The molecular formula is C17H21CuN3O5+2. The van der Waals surface area contributed by atoms with Crippen molar-refractivity contribution >= 4 is 11.6 Å². The van der Waals surface area contributed by atoms with Crippen molar-refractivity contribution < 1.29 is 37.0 Å². The molecule has 2 rings (SSSR count). The van der Waals surface area contributed by atoms with Gasteiger partial charge in [0.15, 0.2) is 0 Å². The Morgan fingerprint density at radius 1 is 1.00 bits per heavy atom. The summed E-state index contributed by atoms with van der Waals surface area (Å²) in [7, 11) is 0. The van der Waals surface area contributed by atoms with E-state index in [0.29, 0.717) is 0 Å². The summed E-state index contributed by atoms with van der Waals surface area (Å²) in [5, 5.41) is 13.6. The Morgan fingerprint density at radius 2 is 1.31 bits per heavy atom. The monoisotopic (exact) mass is 410 g/mol. The van der Waals surface area contributed by atoms with Crippen LogP contribution in [0.5, 0.6) is 0 Å². The predicted molar refractivity (Wildman–Crippen MR) is 91.7 cm³/mol.